The van der Waals surface area contributed by atoms with E-state index >= 15 is 0 Å². The second kappa shape index (κ2) is 6.45. The van der Waals surface area contributed by atoms with Crippen LogP contribution in [0.4, 0.5) is 4.79 Å². The molecule has 0 unspecified atom stereocenters. The van der Waals surface area contributed by atoms with Crippen LogP contribution in [-0.2, 0) is 16.6 Å². The number of amides is 3. The van der Waals surface area contributed by atoms with Gasteiger partial charge in [-0.25, -0.2) is 9.59 Å². The maximum atomic E-state index is 12.3. The van der Waals surface area contributed by atoms with Crippen molar-refractivity contribution in [1.82, 2.24) is 15.2 Å². The average Bonchev–Trinajstić information content (AvgIpc) is 2.96. The number of aromatic nitrogens is 1. The molecule has 0 atom stereocenters. The fourth-order valence-corrected chi connectivity index (χ4v) is 5.58. The molecule has 4 fully saturated rings. The molecule has 4 saturated carbocycles. The van der Waals surface area contributed by atoms with Crippen molar-refractivity contribution >= 4 is 17.9 Å². The van der Waals surface area contributed by atoms with Crippen molar-refractivity contribution in [1.29, 1.82) is 0 Å². The molecule has 7 nitrogen and oxygen atoms in total. The van der Waals surface area contributed by atoms with Gasteiger partial charge in [-0.15, -0.1) is 0 Å². The fraction of sp³-hybridized carbons (Fsp3) is 0.632. The van der Waals surface area contributed by atoms with Gasteiger partial charge in [0.25, 0.3) is 5.91 Å². The van der Waals surface area contributed by atoms with E-state index in [2.05, 4.69) is 10.6 Å². The van der Waals surface area contributed by atoms with E-state index in [9.17, 15) is 14.4 Å². The lowest BCUT2D eigenvalue weighted by molar-refractivity contribution is -0.123. The first kappa shape index (κ1) is 17.1. The Morgan fingerprint density at radius 2 is 1.77 bits per heavy atom. The van der Waals surface area contributed by atoms with Crippen molar-refractivity contribution in [2.75, 3.05) is 6.61 Å². The molecular formula is C19H25N3O4. The van der Waals surface area contributed by atoms with Gasteiger partial charge in [0, 0.05) is 18.8 Å². The number of imide groups is 1. The molecule has 7 heteroatoms. The van der Waals surface area contributed by atoms with Gasteiger partial charge in [-0.05, 0) is 68.4 Å². The Labute approximate surface area is 152 Å². The van der Waals surface area contributed by atoms with Crippen LogP contribution in [0.25, 0.3) is 0 Å². The Bertz CT molecular complexity index is 704. The van der Waals surface area contributed by atoms with Crippen LogP contribution >= 0.6 is 0 Å². The second-order valence-electron chi connectivity index (χ2n) is 8.28. The topological polar surface area (TPSA) is 89.4 Å². The smallest absolute Gasteiger partial charge is 0.355 e. The van der Waals surface area contributed by atoms with E-state index in [-0.39, 0.29) is 5.54 Å². The quantitative estimate of drug-likeness (QED) is 0.805. The molecule has 0 saturated heterocycles. The minimum Gasteiger partial charge on any atom is -0.451 e. The minimum absolute atomic E-state index is 0.154. The first-order chi connectivity index (χ1) is 12.4. The van der Waals surface area contributed by atoms with Crippen LogP contribution < -0.4 is 10.6 Å². The summed E-state index contributed by atoms with van der Waals surface area (Å²) >= 11 is 0. The highest BCUT2D eigenvalue weighted by Gasteiger charge is 2.51. The maximum Gasteiger partial charge on any atom is 0.355 e. The number of urea groups is 1. The van der Waals surface area contributed by atoms with E-state index in [1.165, 1.54) is 19.3 Å². The zero-order valence-electron chi connectivity index (χ0n) is 15.0. The standard InChI is InChI=1S/C19H25N3O4/c1-22-4-2-3-15(22)17(24)26-11-16(23)20-18(25)21-19-8-12-5-13(9-19)7-14(6-12)10-19/h2-4,12-14H,5-11H2,1H3,(H2,20,21,23,25). The highest BCUT2D eigenvalue weighted by molar-refractivity contribution is 5.96. The van der Waals surface area contributed by atoms with E-state index in [1.54, 1.807) is 29.9 Å². The van der Waals surface area contributed by atoms with Gasteiger partial charge < -0.3 is 14.6 Å². The molecule has 3 amide bonds. The highest BCUT2D eigenvalue weighted by Crippen LogP contribution is 2.55. The predicted molar refractivity (Wildman–Crippen MR) is 93.3 cm³/mol. The van der Waals surface area contributed by atoms with Crippen molar-refractivity contribution in [3.63, 3.8) is 0 Å². The molecule has 26 heavy (non-hydrogen) atoms. The maximum absolute atomic E-state index is 12.3. The third-order valence-corrected chi connectivity index (χ3v) is 6.16. The fourth-order valence-electron chi connectivity index (χ4n) is 5.58. The van der Waals surface area contributed by atoms with Gasteiger partial charge in [-0.2, -0.15) is 0 Å². The third-order valence-electron chi connectivity index (χ3n) is 6.16. The van der Waals surface area contributed by atoms with Crippen LogP contribution in [0.2, 0.25) is 0 Å². The van der Waals surface area contributed by atoms with E-state index in [4.69, 9.17) is 4.74 Å². The van der Waals surface area contributed by atoms with Crippen LogP contribution in [0.3, 0.4) is 0 Å². The summed E-state index contributed by atoms with van der Waals surface area (Å²) in [5, 5.41) is 5.36. The molecule has 0 spiro atoms. The number of carbonyl (C=O) groups is 3. The number of esters is 1. The number of nitrogens with one attached hydrogen (secondary N) is 2. The molecule has 140 valence electrons. The normalized spacial score (nSPS) is 31.5. The molecule has 0 aromatic carbocycles. The summed E-state index contributed by atoms with van der Waals surface area (Å²) in [4.78, 5) is 36.1. The van der Waals surface area contributed by atoms with Gasteiger partial charge in [-0.1, -0.05) is 0 Å². The monoisotopic (exact) mass is 359 g/mol. The number of hydrogen-bond donors (Lipinski definition) is 2. The van der Waals surface area contributed by atoms with Crippen molar-refractivity contribution in [3.05, 3.63) is 24.0 Å². The Balaban J connectivity index is 1.26. The molecular weight excluding hydrogens is 334 g/mol. The van der Waals surface area contributed by atoms with Crippen LogP contribution in [0.15, 0.2) is 18.3 Å². The lowest BCUT2D eigenvalue weighted by atomic mass is 9.53. The molecule has 0 radical (unpaired) electrons. The summed E-state index contributed by atoms with van der Waals surface area (Å²) in [6.07, 6.45) is 8.63. The van der Waals surface area contributed by atoms with Crippen LogP contribution in [0, 0.1) is 17.8 Å². The second-order valence-corrected chi connectivity index (χ2v) is 8.28. The number of aryl methyl sites for hydroxylation is 1. The molecule has 4 aliphatic carbocycles. The number of ether oxygens (including phenoxy) is 1. The van der Waals surface area contributed by atoms with E-state index in [0.29, 0.717) is 23.4 Å². The summed E-state index contributed by atoms with van der Waals surface area (Å²) in [7, 11) is 1.72. The molecule has 4 aliphatic rings. The molecule has 1 heterocycles. The Kier molecular flexibility index (Phi) is 4.25. The largest absolute Gasteiger partial charge is 0.451 e. The lowest BCUT2D eigenvalue weighted by Gasteiger charge is -2.56. The van der Waals surface area contributed by atoms with Crippen LogP contribution in [0.1, 0.15) is 49.0 Å². The average molecular weight is 359 g/mol. The molecule has 4 bridgehead atoms. The minimum atomic E-state index is -0.616. The third kappa shape index (κ3) is 3.34. The van der Waals surface area contributed by atoms with Crippen molar-refractivity contribution in [2.24, 2.45) is 24.8 Å². The van der Waals surface area contributed by atoms with Gasteiger partial charge in [0.2, 0.25) is 0 Å². The molecule has 2 N–H and O–H groups in total. The zero-order chi connectivity index (χ0) is 18.3. The van der Waals surface area contributed by atoms with Gasteiger partial charge in [0.1, 0.15) is 5.69 Å². The summed E-state index contributed by atoms with van der Waals surface area (Å²) in [5.41, 5.74) is 0.203. The Hall–Kier alpha value is -2.31. The molecule has 0 aliphatic heterocycles. The van der Waals surface area contributed by atoms with Crippen molar-refractivity contribution < 1.29 is 19.1 Å². The Morgan fingerprint density at radius 3 is 2.31 bits per heavy atom. The number of nitrogens with zero attached hydrogens (tertiary/aromatic N) is 1. The summed E-state index contributed by atoms with van der Waals surface area (Å²) in [5.74, 6) is 0.930. The first-order valence-electron chi connectivity index (χ1n) is 9.33. The summed E-state index contributed by atoms with van der Waals surface area (Å²) in [6, 6.07) is 2.85. The van der Waals surface area contributed by atoms with E-state index in [1.807, 2.05) is 0 Å². The number of carbonyl (C=O) groups excluding carboxylic acids is 3. The molecule has 1 aromatic heterocycles. The summed E-state index contributed by atoms with van der Waals surface area (Å²) in [6.45, 7) is -0.474. The van der Waals surface area contributed by atoms with Gasteiger partial charge >= 0.3 is 12.0 Å². The van der Waals surface area contributed by atoms with E-state index in [0.717, 1.165) is 19.3 Å². The summed E-state index contributed by atoms with van der Waals surface area (Å²) < 4.78 is 6.58. The van der Waals surface area contributed by atoms with Gasteiger partial charge in [-0.3, -0.25) is 10.1 Å². The van der Waals surface area contributed by atoms with Crippen LogP contribution in [-0.4, -0.2) is 34.6 Å². The van der Waals surface area contributed by atoms with Gasteiger partial charge in [0.15, 0.2) is 6.61 Å². The molecule has 5 rings (SSSR count). The highest BCUT2D eigenvalue weighted by atomic mass is 16.5. The van der Waals surface area contributed by atoms with Crippen LogP contribution in [0.5, 0.6) is 0 Å². The first-order valence-corrected chi connectivity index (χ1v) is 9.33. The van der Waals surface area contributed by atoms with Crippen molar-refractivity contribution in [3.8, 4) is 0 Å². The van der Waals surface area contributed by atoms with Crippen molar-refractivity contribution in [2.45, 2.75) is 44.1 Å². The number of rotatable bonds is 4. The number of hydrogen-bond acceptors (Lipinski definition) is 4. The van der Waals surface area contributed by atoms with Gasteiger partial charge in [0.05, 0.1) is 0 Å². The predicted octanol–water partition coefficient (Wildman–Crippen LogP) is 1.98. The molecule has 1 aromatic rings. The lowest BCUT2D eigenvalue weighted by Crippen LogP contribution is -2.62. The SMILES string of the molecule is Cn1cccc1C(=O)OCC(=O)NC(=O)NC12CC3CC(CC(C3)C1)C2. The van der Waals surface area contributed by atoms with E-state index < -0.39 is 24.5 Å². The Morgan fingerprint density at radius 1 is 1.15 bits per heavy atom. The zero-order valence-corrected chi connectivity index (χ0v) is 15.0.